The molecule has 0 saturated carbocycles. The summed E-state index contributed by atoms with van der Waals surface area (Å²) < 4.78 is 0. The third kappa shape index (κ3) is 2.76. The number of rotatable bonds is 3. The van der Waals surface area contributed by atoms with E-state index in [0.29, 0.717) is 5.69 Å². The fourth-order valence-corrected chi connectivity index (χ4v) is 1.55. The first-order chi connectivity index (χ1) is 9.24. The highest BCUT2D eigenvalue weighted by molar-refractivity contribution is 6.10. The van der Waals surface area contributed by atoms with E-state index in [9.17, 15) is 0 Å². The smallest absolute Gasteiger partial charge is 0.237 e. The Morgan fingerprint density at radius 1 is 1.32 bits per heavy atom. The number of hydrazone groups is 1. The zero-order valence-electron chi connectivity index (χ0n) is 10.2. The summed E-state index contributed by atoms with van der Waals surface area (Å²) in [7, 11) is 0. The van der Waals surface area contributed by atoms with Gasteiger partial charge < -0.3 is 0 Å². The summed E-state index contributed by atoms with van der Waals surface area (Å²) in [6.45, 7) is 1.91. The van der Waals surface area contributed by atoms with Gasteiger partial charge in [0.25, 0.3) is 0 Å². The van der Waals surface area contributed by atoms with Gasteiger partial charge in [-0.25, -0.2) is 0 Å². The lowest BCUT2D eigenvalue weighted by molar-refractivity contribution is 1.05. The van der Waals surface area contributed by atoms with Crippen molar-refractivity contribution in [1.82, 2.24) is 10.2 Å². The highest BCUT2D eigenvalue weighted by atomic mass is 15.3. The van der Waals surface area contributed by atoms with Crippen molar-refractivity contribution in [2.75, 3.05) is 5.43 Å². The Morgan fingerprint density at radius 2 is 2.05 bits per heavy atom. The summed E-state index contributed by atoms with van der Waals surface area (Å²) in [6, 6.07) is 12.7. The second-order valence-corrected chi connectivity index (χ2v) is 3.78. The molecule has 6 heteroatoms. The quantitative estimate of drug-likeness (QED) is 0.644. The number of aromatic amines is 1. The van der Waals surface area contributed by atoms with Gasteiger partial charge in [0, 0.05) is 11.3 Å². The third-order valence-corrected chi connectivity index (χ3v) is 2.41. The lowest BCUT2D eigenvalue weighted by atomic mass is 10.1. The van der Waals surface area contributed by atoms with E-state index in [1.165, 1.54) is 0 Å². The van der Waals surface area contributed by atoms with Crippen molar-refractivity contribution < 1.29 is 0 Å². The minimum absolute atomic E-state index is 0.229. The molecule has 0 saturated heterocycles. The van der Waals surface area contributed by atoms with Crippen LogP contribution in [-0.2, 0) is 0 Å². The van der Waals surface area contributed by atoms with Crippen LogP contribution in [0.5, 0.6) is 0 Å². The second-order valence-electron chi connectivity index (χ2n) is 3.78. The number of nitriles is 2. The van der Waals surface area contributed by atoms with E-state index < -0.39 is 0 Å². The molecule has 92 valence electrons. The molecule has 19 heavy (non-hydrogen) atoms. The van der Waals surface area contributed by atoms with Crippen molar-refractivity contribution in [3.8, 4) is 23.4 Å². The van der Waals surface area contributed by atoms with Gasteiger partial charge in [0.05, 0.1) is 11.4 Å². The van der Waals surface area contributed by atoms with Crippen LogP contribution in [0.25, 0.3) is 11.3 Å². The maximum atomic E-state index is 8.63. The minimum atomic E-state index is -0.229. The van der Waals surface area contributed by atoms with E-state index in [-0.39, 0.29) is 5.71 Å². The van der Waals surface area contributed by atoms with Crippen LogP contribution in [0.1, 0.15) is 5.69 Å². The molecule has 1 aromatic carbocycles. The molecule has 1 heterocycles. The summed E-state index contributed by atoms with van der Waals surface area (Å²) in [5.74, 6) is 0. The monoisotopic (exact) mass is 250 g/mol. The zero-order valence-corrected chi connectivity index (χ0v) is 10.2. The summed E-state index contributed by atoms with van der Waals surface area (Å²) in [5, 5.41) is 28.0. The Kier molecular flexibility index (Phi) is 3.56. The number of aromatic nitrogens is 2. The zero-order chi connectivity index (χ0) is 13.7. The van der Waals surface area contributed by atoms with Crippen LogP contribution in [0.2, 0.25) is 0 Å². The molecule has 0 atom stereocenters. The van der Waals surface area contributed by atoms with Gasteiger partial charge in [-0.3, -0.25) is 10.5 Å². The SMILES string of the molecule is Cc1cc(-c2ccccc2NN=C(C#N)C#N)n[nH]1. The average molecular weight is 250 g/mol. The number of hydrogen-bond donors (Lipinski definition) is 2. The number of nitrogens with one attached hydrogen (secondary N) is 2. The second kappa shape index (κ2) is 5.48. The first-order valence-electron chi connectivity index (χ1n) is 5.50. The Hall–Kier alpha value is -3.12. The normalized spacial score (nSPS) is 9.21. The molecule has 0 fully saturated rings. The summed E-state index contributed by atoms with van der Waals surface area (Å²) in [5.41, 5.74) is 5.72. The highest BCUT2D eigenvalue weighted by Gasteiger charge is 2.07. The van der Waals surface area contributed by atoms with Crippen LogP contribution in [0.4, 0.5) is 5.69 Å². The molecule has 0 unspecified atom stereocenters. The van der Waals surface area contributed by atoms with Crippen LogP contribution in [0.3, 0.4) is 0 Å². The van der Waals surface area contributed by atoms with E-state index in [2.05, 4.69) is 20.7 Å². The topological polar surface area (TPSA) is 101 Å². The molecular formula is C13H10N6. The number of benzene rings is 1. The molecule has 1 aromatic heterocycles. The van der Waals surface area contributed by atoms with Gasteiger partial charge in [-0.1, -0.05) is 18.2 Å². The third-order valence-electron chi connectivity index (χ3n) is 2.41. The molecule has 0 radical (unpaired) electrons. The number of nitrogens with zero attached hydrogens (tertiary/aromatic N) is 4. The van der Waals surface area contributed by atoms with Crippen molar-refractivity contribution in [2.24, 2.45) is 5.10 Å². The molecule has 6 nitrogen and oxygen atoms in total. The standard InChI is InChI=1S/C13H10N6/c1-9-6-13(19-16-9)11-4-2-3-5-12(11)18-17-10(7-14)8-15/h2-6,18H,1H3,(H,16,19). The Balaban J connectivity index is 2.36. The van der Waals surface area contributed by atoms with Crippen molar-refractivity contribution in [3.05, 3.63) is 36.0 Å². The van der Waals surface area contributed by atoms with Crippen LogP contribution in [0, 0.1) is 29.6 Å². The number of hydrogen-bond acceptors (Lipinski definition) is 5. The van der Waals surface area contributed by atoms with Crippen LogP contribution < -0.4 is 5.43 Å². The van der Waals surface area contributed by atoms with Gasteiger partial charge in [-0.15, -0.1) is 0 Å². The Bertz CT molecular complexity index is 682. The Labute approximate surface area is 110 Å². The number of para-hydroxylation sites is 1. The van der Waals surface area contributed by atoms with Gasteiger partial charge in [-0.2, -0.15) is 20.7 Å². The van der Waals surface area contributed by atoms with Gasteiger partial charge in [-0.05, 0) is 19.1 Å². The van der Waals surface area contributed by atoms with Crippen molar-refractivity contribution >= 4 is 11.4 Å². The molecule has 0 aliphatic carbocycles. The molecule has 2 aromatic rings. The summed E-state index contributed by atoms with van der Waals surface area (Å²) >= 11 is 0. The van der Waals surface area contributed by atoms with Crippen molar-refractivity contribution in [2.45, 2.75) is 6.92 Å². The molecule has 2 rings (SSSR count). The first kappa shape index (κ1) is 12.3. The minimum Gasteiger partial charge on any atom is -0.282 e. The number of H-pyrrole nitrogens is 1. The lowest BCUT2D eigenvalue weighted by Gasteiger charge is -2.05. The summed E-state index contributed by atoms with van der Waals surface area (Å²) in [4.78, 5) is 0. The average Bonchev–Trinajstić information content (AvgIpc) is 2.87. The molecule has 0 aliphatic heterocycles. The molecule has 0 amide bonds. The first-order valence-corrected chi connectivity index (χ1v) is 5.50. The maximum absolute atomic E-state index is 8.63. The van der Waals surface area contributed by atoms with Crippen LogP contribution >= 0.6 is 0 Å². The molecule has 0 aliphatic rings. The van der Waals surface area contributed by atoms with E-state index in [4.69, 9.17) is 10.5 Å². The summed E-state index contributed by atoms with van der Waals surface area (Å²) in [6.07, 6.45) is 0. The molecule has 0 spiro atoms. The van der Waals surface area contributed by atoms with E-state index >= 15 is 0 Å². The maximum Gasteiger partial charge on any atom is 0.237 e. The lowest BCUT2D eigenvalue weighted by Crippen LogP contribution is -1.97. The van der Waals surface area contributed by atoms with Gasteiger partial charge >= 0.3 is 0 Å². The molecule has 2 N–H and O–H groups in total. The number of anilines is 1. The number of aryl methyl sites for hydroxylation is 1. The fourth-order valence-electron chi connectivity index (χ4n) is 1.55. The largest absolute Gasteiger partial charge is 0.282 e. The van der Waals surface area contributed by atoms with Crippen LogP contribution in [0.15, 0.2) is 35.4 Å². The van der Waals surface area contributed by atoms with Gasteiger partial charge in [0.2, 0.25) is 5.71 Å². The predicted octanol–water partition coefficient (Wildman–Crippen LogP) is 2.20. The van der Waals surface area contributed by atoms with E-state index in [1.807, 2.05) is 31.2 Å². The molecule has 0 bridgehead atoms. The Morgan fingerprint density at radius 3 is 2.68 bits per heavy atom. The van der Waals surface area contributed by atoms with Gasteiger partial charge in [0.1, 0.15) is 12.1 Å². The molecular weight excluding hydrogens is 240 g/mol. The van der Waals surface area contributed by atoms with Gasteiger partial charge in [0.15, 0.2) is 0 Å². The van der Waals surface area contributed by atoms with E-state index in [1.54, 1.807) is 18.2 Å². The fraction of sp³-hybridized carbons (Fsp3) is 0.0769. The predicted molar refractivity (Wildman–Crippen MR) is 71.0 cm³/mol. The van der Waals surface area contributed by atoms with Crippen molar-refractivity contribution in [1.29, 1.82) is 10.5 Å². The van der Waals surface area contributed by atoms with Crippen LogP contribution in [-0.4, -0.2) is 15.9 Å². The highest BCUT2D eigenvalue weighted by Crippen LogP contribution is 2.26. The van der Waals surface area contributed by atoms with Crippen molar-refractivity contribution in [3.63, 3.8) is 0 Å². The van der Waals surface area contributed by atoms with E-state index in [0.717, 1.165) is 17.0 Å².